The number of piperazine rings is 1. The number of rotatable bonds is 11. The van der Waals surface area contributed by atoms with Gasteiger partial charge in [-0.05, 0) is 92.6 Å². The van der Waals surface area contributed by atoms with Gasteiger partial charge in [0.05, 0.1) is 26.0 Å². The van der Waals surface area contributed by atoms with E-state index in [1.54, 1.807) is 43.6 Å². The summed E-state index contributed by atoms with van der Waals surface area (Å²) in [5, 5.41) is 11.4. The number of hydrogen-bond donors (Lipinski definition) is 1. The highest BCUT2D eigenvalue weighted by Crippen LogP contribution is 2.29. The molecule has 2 aromatic heterocycles. The van der Waals surface area contributed by atoms with Crippen LogP contribution in [0.2, 0.25) is 0 Å². The molecule has 1 aliphatic rings. The second-order valence-electron chi connectivity index (χ2n) is 10.6. The second-order valence-corrected chi connectivity index (χ2v) is 10.6. The lowest BCUT2D eigenvalue weighted by atomic mass is 10.0. The Morgan fingerprint density at radius 3 is 2.33 bits per heavy atom. The smallest absolute Gasteiger partial charge is 0.276 e. The zero-order valence-electron chi connectivity index (χ0n) is 25.1. The van der Waals surface area contributed by atoms with Crippen LogP contribution in [0.3, 0.4) is 0 Å². The molecule has 10 nitrogen and oxygen atoms in total. The number of anilines is 2. The topological polar surface area (TPSA) is 102 Å². The van der Waals surface area contributed by atoms with E-state index in [1.807, 2.05) is 39.1 Å². The molecular formula is C33H38N6O4. The summed E-state index contributed by atoms with van der Waals surface area (Å²) in [7, 11) is 1.60. The molecule has 1 fully saturated rings. The molecule has 5 rings (SSSR count). The van der Waals surface area contributed by atoms with E-state index in [2.05, 4.69) is 48.5 Å². The third-order valence-corrected chi connectivity index (χ3v) is 7.03. The van der Waals surface area contributed by atoms with Gasteiger partial charge in [-0.15, -0.1) is 10.2 Å². The van der Waals surface area contributed by atoms with Crippen molar-refractivity contribution in [3.63, 3.8) is 0 Å². The molecule has 1 saturated heterocycles. The number of methoxy groups -OCH3 is 1. The van der Waals surface area contributed by atoms with Gasteiger partial charge >= 0.3 is 0 Å². The molecule has 0 aliphatic carbocycles. The second kappa shape index (κ2) is 14.0. The molecular weight excluding hydrogens is 544 g/mol. The Labute approximate surface area is 252 Å². The predicted molar refractivity (Wildman–Crippen MR) is 167 cm³/mol. The summed E-state index contributed by atoms with van der Waals surface area (Å²) in [6.45, 7) is 10.8. The number of amides is 1. The van der Waals surface area contributed by atoms with Crippen LogP contribution in [-0.2, 0) is 6.54 Å². The Morgan fingerprint density at radius 2 is 1.65 bits per heavy atom. The first-order valence-corrected chi connectivity index (χ1v) is 14.6. The fourth-order valence-corrected chi connectivity index (χ4v) is 4.96. The number of benzene rings is 2. The van der Waals surface area contributed by atoms with Crippen LogP contribution < -0.4 is 24.4 Å². The van der Waals surface area contributed by atoms with Crippen molar-refractivity contribution in [3.05, 3.63) is 84.3 Å². The van der Waals surface area contributed by atoms with Gasteiger partial charge in [0.15, 0.2) is 11.5 Å². The summed E-state index contributed by atoms with van der Waals surface area (Å²) >= 11 is 0. The Kier molecular flexibility index (Phi) is 9.68. The number of pyridine rings is 1. The molecule has 0 radical (unpaired) electrons. The molecule has 43 heavy (non-hydrogen) atoms. The number of nitrogens with zero attached hydrogens (tertiary/aromatic N) is 5. The normalized spacial score (nSPS) is 13.6. The fourth-order valence-electron chi connectivity index (χ4n) is 4.96. The van der Waals surface area contributed by atoms with Gasteiger partial charge < -0.3 is 24.4 Å². The highest BCUT2D eigenvalue weighted by atomic mass is 16.5. The SMILES string of the molecule is CCOc1cncc(-c2cc(CN3CCN(c4ccc(C(=O)Nc5ccc(OC)cc5)nn4)CC3)cc(OC(C)C)c2)c1. The van der Waals surface area contributed by atoms with Crippen molar-refractivity contribution in [3.8, 4) is 28.4 Å². The predicted octanol–water partition coefficient (Wildman–Crippen LogP) is 5.31. The van der Waals surface area contributed by atoms with Crippen molar-refractivity contribution in [1.82, 2.24) is 20.1 Å². The average molecular weight is 583 g/mol. The summed E-state index contributed by atoms with van der Waals surface area (Å²) in [5.41, 5.74) is 4.14. The number of ether oxygens (including phenoxy) is 3. The van der Waals surface area contributed by atoms with Crippen LogP contribution in [0, 0.1) is 0 Å². The van der Waals surface area contributed by atoms with Crippen LogP contribution in [0.25, 0.3) is 11.1 Å². The third-order valence-electron chi connectivity index (χ3n) is 7.03. The Balaban J connectivity index is 1.20. The maximum absolute atomic E-state index is 12.6. The molecule has 1 amide bonds. The summed E-state index contributed by atoms with van der Waals surface area (Å²) in [5.74, 6) is 2.77. The largest absolute Gasteiger partial charge is 0.497 e. The number of carbonyl (C=O) groups is 1. The van der Waals surface area contributed by atoms with Crippen LogP contribution in [0.4, 0.5) is 11.5 Å². The van der Waals surface area contributed by atoms with Crippen molar-refractivity contribution in [2.75, 3.05) is 50.1 Å². The molecule has 0 saturated carbocycles. The quantitative estimate of drug-likeness (QED) is 0.252. The Hall–Kier alpha value is -4.70. The zero-order chi connectivity index (χ0) is 30.2. The number of aromatic nitrogens is 3. The Morgan fingerprint density at radius 1 is 0.884 bits per heavy atom. The van der Waals surface area contributed by atoms with Gasteiger partial charge in [-0.3, -0.25) is 14.7 Å². The standard InChI is InChI=1S/C33H38N6O4/c1-5-42-30-19-26(20-34-21-30)25-16-24(17-29(18-25)43-23(2)3)22-38-12-14-39(15-13-38)32-11-10-31(36-37-32)33(40)35-27-6-8-28(41-4)9-7-27/h6-11,16-21,23H,5,12-15,22H2,1-4H3,(H,35,40). The van der Waals surface area contributed by atoms with Crippen molar-refractivity contribution in [2.45, 2.75) is 33.4 Å². The maximum Gasteiger partial charge on any atom is 0.276 e. The first-order chi connectivity index (χ1) is 20.9. The number of nitrogens with one attached hydrogen (secondary N) is 1. The van der Waals surface area contributed by atoms with Gasteiger partial charge in [0.25, 0.3) is 5.91 Å². The molecule has 0 atom stereocenters. The molecule has 224 valence electrons. The minimum atomic E-state index is -0.308. The van der Waals surface area contributed by atoms with Crippen LogP contribution in [0.1, 0.15) is 36.8 Å². The third kappa shape index (κ3) is 7.98. The van der Waals surface area contributed by atoms with Crippen LogP contribution >= 0.6 is 0 Å². The van der Waals surface area contributed by atoms with E-state index >= 15 is 0 Å². The van der Waals surface area contributed by atoms with E-state index in [1.165, 1.54) is 5.56 Å². The van der Waals surface area contributed by atoms with E-state index in [0.29, 0.717) is 12.3 Å². The van der Waals surface area contributed by atoms with Crippen molar-refractivity contribution >= 4 is 17.4 Å². The molecule has 0 bridgehead atoms. The summed E-state index contributed by atoms with van der Waals surface area (Å²) in [6.07, 6.45) is 3.66. The first kappa shape index (κ1) is 29.8. The van der Waals surface area contributed by atoms with Crippen LogP contribution in [0.5, 0.6) is 17.2 Å². The summed E-state index contributed by atoms with van der Waals surface area (Å²) in [4.78, 5) is 21.6. The molecule has 0 spiro atoms. The number of carbonyl (C=O) groups excluding carboxylic acids is 1. The van der Waals surface area contributed by atoms with Crippen molar-refractivity contribution in [1.29, 1.82) is 0 Å². The monoisotopic (exact) mass is 582 g/mol. The summed E-state index contributed by atoms with van der Waals surface area (Å²) in [6, 6.07) is 19.1. The Bertz CT molecular complexity index is 1500. The van der Waals surface area contributed by atoms with Gasteiger partial charge in [-0.1, -0.05) is 0 Å². The molecule has 1 aliphatic heterocycles. The van der Waals surface area contributed by atoms with Gasteiger partial charge in [-0.25, -0.2) is 0 Å². The maximum atomic E-state index is 12.6. The number of hydrogen-bond acceptors (Lipinski definition) is 9. The molecule has 10 heteroatoms. The van der Waals surface area contributed by atoms with E-state index in [-0.39, 0.29) is 17.7 Å². The lowest BCUT2D eigenvalue weighted by Crippen LogP contribution is -2.46. The molecule has 1 N–H and O–H groups in total. The van der Waals surface area contributed by atoms with Gasteiger partial charge in [0.2, 0.25) is 0 Å². The first-order valence-electron chi connectivity index (χ1n) is 14.6. The minimum absolute atomic E-state index is 0.0700. The van der Waals surface area contributed by atoms with Crippen LogP contribution in [-0.4, -0.2) is 72.0 Å². The highest BCUT2D eigenvalue weighted by Gasteiger charge is 2.20. The zero-order valence-corrected chi connectivity index (χ0v) is 25.1. The molecule has 2 aromatic carbocycles. The summed E-state index contributed by atoms with van der Waals surface area (Å²) < 4.78 is 16.9. The van der Waals surface area contributed by atoms with E-state index in [4.69, 9.17) is 14.2 Å². The van der Waals surface area contributed by atoms with E-state index in [9.17, 15) is 4.79 Å². The minimum Gasteiger partial charge on any atom is -0.497 e. The van der Waals surface area contributed by atoms with Crippen molar-refractivity contribution in [2.24, 2.45) is 0 Å². The van der Waals surface area contributed by atoms with Crippen LogP contribution in [0.15, 0.2) is 73.1 Å². The lowest BCUT2D eigenvalue weighted by Gasteiger charge is -2.35. The van der Waals surface area contributed by atoms with Gasteiger partial charge in [-0.2, -0.15) is 0 Å². The van der Waals surface area contributed by atoms with Crippen molar-refractivity contribution < 1.29 is 19.0 Å². The fraction of sp³-hybridized carbons (Fsp3) is 0.333. The molecule has 0 unspecified atom stereocenters. The van der Waals surface area contributed by atoms with Gasteiger partial charge in [0, 0.05) is 50.2 Å². The average Bonchev–Trinajstić information content (AvgIpc) is 3.02. The van der Waals surface area contributed by atoms with Gasteiger partial charge in [0.1, 0.15) is 17.2 Å². The highest BCUT2D eigenvalue weighted by molar-refractivity contribution is 6.02. The van der Waals surface area contributed by atoms with E-state index < -0.39 is 0 Å². The molecule has 3 heterocycles. The lowest BCUT2D eigenvalue weighted by molar-refractivity contribution is 0.102. The van der Waals surface area contributed by atoms with E-state index in [0.717, 1.165) is 66.9 Å². The molecule has 4 aromatic rings.